The zero-order valence-electron chi connectivity index (χ0n) is 8.96. The molecule has 82 valence electrons. The molecule has 1 saturated carbocycles. The highest BCUT2D eigenvalue weighted by molar-refractivity contribution is 5.05. The van der Waals surface area contributed by atoms with Crippen LogP contribution in [0.4, 0.5) is 0 Å². The van der Waals surface area contributed by atoms with Crippen molar-refractivity contribution in [2.45, 2.75) is 31.8 Å². The summed E-state index contributed by atoms with van der Waals surface area (Å²) in [6.07, 6.45) is 3.78. The number of hydrogen-bond donors (Lipinski definition) is 2. The minimum Gasteiger partial charge on any atom is -0.313 e. The number of nitrogens with zero attached hydrogens (tertiary/aromatic N) is 1. The Morgan fingerprint density at radius 3 is 2.73 bits per heavy atom. The molecule has 2 rings (SSSR count). The van der Waals surface area contributed by atoms with Gasteiger partial charge < -0.3 is 5.32 Å². The predicted octanol–water partition coefficient (Wildman–Crippen LogP) is -0.403. The van der Waals surface area contributed by atoms with Gasteiger partial charge in [-0.3, -0.25) is 14.3 Å². The molecule has 0 atom stereocenters. The Morgan fingerprint density at radius 1 is 1.53 bits per heavy atom. The van der Waals surface area contributed by atoms with Gasteiger partial charge in [0.15, 0.2) is 0 Å². The molecule has 5 nitrogen and oxygen atoms in total. The average Bonchev–Trinajstić information content (AvgIpc) is 2.95. The van der Waals surface area contributed by atoms with Crippen LogP contribution in [-0.4, -0.2) is 22.1 Å². The summed E-state index contributed by atoms with van der Waals surface area (Å²) in [6, 6.07) is 0. The summed E-state index contributed by atoms with van der Waals surface area (Å²) in [6.45, 7) is 2.33. The van der Waals surface area contributed by atoms with Crippen LogP contribution in [0.3, 0.4) is 0 Å². The standard InChI is InChI=1S/C10H15N3O2/c1-7-5-13(9(15)12-8(7)14)6-10(11-2)3-4-10/h5,11H,3-4,6H2,1-2H3,(H,12,14,15). The summed E-state index contributed by atoms with van der Waals surface area (Å²) in [7, 11) is 1.90. The normalized spacial score (nSPS) is 17.7. The minimum absolute atomic E-state index is 0.0640. The topological polar surface area (TPSA) is 66.9 Å². The molecule has 1 aliphatic rings. The van der Waals surface area contributed by atoms with Crippen molar-refractivity contribution >= 4 is 0 Å². The van der Waals surface area contributed by atoms with E-state index in [1.807, 2.05) is 7.05 Å². The van der Waals surface area contributed by atoms with Crippen LogP contribution in [0.5, 0.6) is 0 Å². The van der Waals surface area contributed by atoms with Gasteiger partial charge >= 0.3 is 5.69 Å². The third-order valence-electron chi connectivity index (χ3n) is 3.05. The highest BCUT2D eigenvalue weighted by Gasteiger charge is 2.41. The predicted molar refractivity (Wildman–Crippen MR) is 57.1 cm³/mol. The van der Waals surface area contributed by atoms with Gasteiger partial charge in [0.2, 0.25) is 0 Å². The molecule has 0 radical (unpaired) electrons. The quantitative estimate of drug-likeness (QED) is 0.711. The van der Waals surface area contributed by atoms with Crippen molar-refractivity contribution in [3.05, 3.63) is 32.6 Å². The van der Waals surface area contributed by atoms with Gasteiger partial charge in [-0.1, -0.05) is 0 Å². The highest BCUT2D eigenvalue weighted by atomic mass is 16.2. The van der Waals surface area contributed by atoms with Crippen molar-refractivity contribution in [3.8, 4) is 0 Å². The summed E-state index contributed by atoms with van der Waals surface area (Å²) in [5, 5.41) is 3.21. The molecular weight excluding hydrogens is 194 g/mol. The van der Waals surface area contributed by atoms with E-state index in [9.17, 15) is 9.59 Å². The third-order valence-corrected chi connectivity index (χ3v) is 3.05. The number of aryl methyl sites for hydroxylation is 1. The Hall–Kier alpha value is -1.36. The van der Waals surface area contributed by atoms with Gasteiger partial charge in [0.1, 0.15) is 0 Å². The zero-order valence-corrected chi connectivity index (χ0v) is 8.96. The first-order chi connectivity index (χ1) is 7.06. The first kappa shape index (κ1) is 10.2. The van der Waals surface area contributed by atoms with E-state index >= 15 is 0 Å². The molecule has 1 aromatic rings. The van der Waals surface area contributed by atoms with Crippen LogP contribution in [-0.2, 0) is 6.54 Å². The van der Waals surface area contributed by atoms with Gasteiger partial charge in [-0.15, -0.1) is 0 Å². The number of aromatic amines is 1. The molecule has 5 heteroatoms. The molecule has 0 saturated heterocycles. The number of aromatic nitrogens is 2. The lowest BCUT2D eigenvalue weighted by Crippen LogP contribution is -2.39. The zero-order chi connectivity index (χ0) is 11.1. The van der Waals surface area contributed by atoms with Crippen molar-refractivity contribution in [2.75, 3.05) is 7.05 Å². The van der Waals surface area contributed by atoms with Crippen LogP contribution in [0.15, 0.2) is 15.8 Å². The van der Waals surface area contributed by atoms with Crippen LogP contribution in [0, 0.1) is 6.92 Å². The molecule has 0 amide bonds. The van der Waals surface area contributed by atoms with E-state index in [1.54, 1.807) is 17.7 Å². The van der Waals surface area contributed by atoms with E-state index in [0.717, 1.165) is 12.8 Å². The van der Waals surface area contributed by atoms with Gasteiger partial charge in [0.25, 0.3) is 5.56 Å². The molecule has 1 aromatic heterocycles. The number of rotatable bonds is 3. The monoisotopic (exact) mass is 209 g/mol. The Labute approximate surface area is 87.1 Å². The fourth-order valence-electron chi connectivity index (χ4n) is 1.70. The molecule has 0 spiro atoms. The largest absolute Gasteiger partial charge is 0.328 e. The fraction of sp³-hybridized carbons (Fsp3) is 0.600. The van der Waals surface area contributed by atoms with E-state index in [-0.39, 0.29) is 16.8 Å². The molecule has 1 aliphatic carbocycles. The molecule has 1 fully saturated rings. The Bertz CT molecular complexity index is 482. The van der Waals surface area contributed by atoms with Crippen molar-refractivity contribution < 1.29 is 0 Å². The maximum absolute atomic E-state index is 11.5. The molecule has 0 aliphatic heterocycles. The molecule has 2 N–H and O–H groups in total. The SMILES string of the molecule is CNC1(Cn2cc(C)c(=O)[nH]c2=O)CC1. The maximum Gasteiger partial charge on any atom is 0.328 e. The number of hydrogen-bond acceptors (Lipinski definition) is 3. The van der Waals surface area contributed by atoms with Gasteiger partial charge in [-0.2, -0.15) is 0 Å². The van der Waals surface area contributed by atoms with Gasteiger partial charge in [0.05, 0.1) is 0 Å². The first-order valence-corrected chi connectivity index (χ1v) is 5.06. The smallest absolute Gasteiger partial charge is 0.313 e. The molecular formula is C10H15N3O2. The molecule has 0 aromatic carbocycles. The number of nitrogens with one attached hydrogen (secondary N) is 2. The number of H-pyrrole nitrogens is 1. The van der Waals surface area contributed by atoms with Crippen LogP contribution >= 0.6 is 0 Å². The average molecular weight is 209 g/mol. The van der Waals surface area contributed by atoms with Crippen molar-refractivity contribution in [1.82, 2.24) is 14.9 Å². The first-order valence-electron chi connectivity index (χ1n) is 5.06. The fourth-order valence-corrected chi connectivity index (χ4v) is 1.70. The maximum atomic E-state index is 11.5. The van der Waals surface area contributed by atoms with Crippen LogP contribution in [0.25, 0.3) is 0 Å². The van der Waals surface area contributed by atoms with Gasteiger partial charge in [-0.05, 0) is 26.8 Å². The van der Waals surface area contributed by atoms with E-state index in [4.69, 9.17) is 0 Å². The summed E-state index contributed by atoms with van der Waals surface area (Å²) >= 11 is 0. The van der Waals surface area contributed by atoms with E-state index in [2.05, 4.69) is 10.3 Å². The molecule has 0 unspecified atom stereocenters. The van der Waals surface area contributed by atoms with E-state index in [1.165, 1.54) is 0 Å². The summed E-state index contributed by atoms with van der Waals surface area (Å²) < 4.78 is 1.57. The Morgan fingerprint density at radius 2 is 2.20 bits per heavy atom. The summed E-state index contributed by atoms with van der Waals surface area (Å²) in [5.74, 6) is 0. The molecule has 0 bridgehead atoms. The van der Waals surface area contributed by atoms with Crippen molar-refractivity contribution in [3.63, 3.8) is 0 Å². The second-order valence-electron chi connectivity index (χ2n) is 4.23. The van der Waals surface area contributed by atoms with Gasteiger partial charge in [0, 0.05) is 23.8 Å². The lowest BCUT2D eigenvalue weighted by atomic mass is 10.2. The lowest BCUT2D eigenvalue weighted by Gasteiger charge is -2.15. The van der Waals surface area contributed by atoms with Crippen molar-refractivity contribution in [1.29, 1.82) is 0 Å². The third kappa shape index (κ3) is 1.87. The second-order valence-corrected chi connectivity index (χ2v) is 4.23. The minimum atomic E-state index is -0.327. The van der Waals surface area contributed by atoms with E-state index < -0.39 is 0 Å². The van der Waals surface area contributed by atoms with Crippen molar-refractivity contribution in [2.24, 2.45) is 0 Å². The van der Waals surface area contributed by atoms with Crippen LogP contribution < -0.4 is 16.6 Å². The summed E-state index contributed by atoms with van der Waals surface area (Å²) in [5.41, 5.74) is 0.00768. The second kappa shape index (κ2) is 3.34. The van der Waals surface area contributed by atoms with Crippen LogP contribution in [0.1, 0.15) is 18.4 Å². The number of likely N-dealkylation sites (N-methyl/N-ethyl adjacent to an activating group) is 1. The molecule has 1 heterocycles. The van der Waals surface area contributed by atoms with Crippen LogP contribution in [0.2, 0.25) is 0 Å². The van der Waals surface area contributed by atoms with E-state index in [0.29, 0.717) is 12.1 Å². The highest BCUT2D eigenvalue weighted by Crippen LogP contribution is 2.35. The Kier molecular flexibility index (Phi) is 2.26. The Balaban J connectivity index is 2.33. The molecule has 15 heavy (non-hydrogen) atoms. The lowest BCUT2D eigenvalue weighted by molar-refractivity contribution is 0.450. The van der Waals surface area contributed by atoms with Gasteiger partial charge in [-0.25, -0.2) is 4.79 Å². The summed E-state index contributed by atoms with van der Waals surface area (Å²) in [4.78, 5) is 25.0.